The third kappa shape index (κ3) is 4.38. The average Bonchev–Trinajstić information content (AvgIpc) is 2.80. The van der Waals surface area contributed by atoms with Crippen molar-refractivity contribution < 1.29 is 9.47 Å². The van der Waals surface area contributed by atoms with E-state index in [4.69, 9.17) is 9.47 Å². The van der Waals surface area contributed by atoms with Crippen LogP contribution in [0.4, 0.5) is 0 Å². The van der Waals surface area contributed by atoms with Crippen LogP contribution in [-0.4, -0.2) is 13.2 Å². The summed E-state index contributed by atoms with van der Waals surface area (Å²) in [6.07, 6.45) is 11.1. The van der Waals surface area contributed by atoms with Crippen molar-refractivity contribution in [1.29, 1.82) is 0 Å². The van der Waals surface area contributed by atoms with E-state index in [0.29, 0.717) is 13.2 Å². The van der Waals surface area contributed by atoms with Crippen LogP contribution in [0.25, 0.3) is 0 Å². The van der Waals surface area contributed by atoms with Gasteiger partial charge in [0.1, 0.15) is 18.1 Å². The topological polar surface area (TPSA) is 18.5 Å². The molecule has 2 heteroatoms. The Hall–Kier alpha value is -2.22. The molecule has 1 aromatic rings. The maximum Gasteiger partial charge on any atom is 0.119 e. The summed E-state index contributed by atoms with van der Waals surface area (Å²) in [6, 6.07) is 8.36. The first-order chi connectivity index (χ1) is 11.1. The van der Waals surface area contributed by atoms with Crippen molar-refractivity contribution in [3.8, 4) is 5.75 Å². The molecule has 0 heterocycles. The molecule has 0 saturated carbocycles. The molecule has 0 radical (unpaired) electrons. The van der Waals surface area contributed by atoms with Gasteiger partial charge in [0.2, 0.25) is 0 Å². The van der Waals surface area contributed by atoms with Gasteiger partial charge in [-0.1, -0.05) is 56.9 Å². The van der Waals surface area contributed by atoms with Crippen LogP contribution in [-0.2, 0) is 10.2 Å². The monoisotopic (exact) mass is 310 g/mol. The maximum absolute atomic E-state index is 5.65. The van der Waals surface area contributed by atoms with Gasteiger partial charge in [-0.25, -0.2) is 0 Å². The molecule has 2 nitrogen and oxygen atoms in total. The predicted octanol–water partition coefficient (Wildman–Crippen LogP) is 5.34. The molecular formula is C21H26O2. The number of allylic oxidation sites excluding steroid dienone is 5. The summed E-state index contributed by atoms with van der Waals surface area (Å²) in [5.41, 5.74) is 2.45. The average molecular weight is 310 g/mol. The Bertz CT molecular complexity index is 616. The fraction of sp³-hybridized carbons (Fsp3) is 0.333. The van der Waals surface area contributed by atoms with Gasteiger partial charge in [0, 0.05) is 11.8 Å². The SMILES string of the molecule is C=CCOC1=CC=C(C(C)(C)c2ccc(OCC)cc2)C=CC1. The van der Waals surface area contributed by atoms with Crippen molar-refractivity contribution >= 4 is 0 Å². The Morgan fingerprint density at radius 2 is 1.87 bits per heavy atom. The van der Waals surface area contributed by atoms with E-state index in [1.165, 1.54) is 11.1 Å². The summed E-state index contributed by atoms with van der Waals surface area (Å²) in [6.45, 7) is 11.4. The van der Waals surface area contributed by atoms with Gasteiger partial charge in [-0.2, -0.15) is 0 Å². The lowest BCUT2D eigenvalue weighted by Gasteiger charge is -2.27. The second-order valence-electron chi connectivity index (χ2n) is 6.04. The molecule has 0 bridgehead atoms. The van der Waals surface area contributed by atoms with E-state index in [9.17, 15) is 0 Å². The molecule has 0 N–H and O–H groups in total. The third-order valence-corrected chi connectivity index (χ3v) is 4.06. The Morgan fingerprint density at radius 1 is 1.13 bits per heavy atom. The number of hydrogen-bond acceptors (Lipinski definition) is 2. The largest absolute Gasteiger partial charge is 0.494 e. The molecular weight excluding hydrogens is 284 g/mol. The molecule has 0 atom stereocenters. The van der Waals surface area contributed by atoms with Gasteiger partial charge in [-0.15, -0.1) is 0 Å². The summed E-state index contributed by atoms with van der Waals surface area (Å²) in [7, 11) is 0. The van der Waals surface area contributed by atoms with E-state index in [1.807, 2.05) is 19.1 Å². The zero-order valence-corrected chi connectivity index (χ0v) is 14.3. The van der Waals surface area contributed by atoms with E-state index >= 15 is 0 Å². The van der Waals surface area contributed by atoms with Crippen molar-refractivity contribution in [2.75, 3.05) is 13.2 Å². The molecule has 0 amide bonds. The Morgan fingerprint density at radius 3 is 2.52 bits per heavy atom. The number of ether oxygens (including phenoxy) is 2. The van der Waals surface area contributed by atoms with Crippen LogP contribution < -0.4 is 4.74 Å². The molecule has 0 unspecified atom stereocenters. The smallest absolute Gasteiger partial charge is 0.119 e. The second kappa shape index (κ2) is 7.87. The summed E-state index contributed by atoms with van der Waals surface area (Å²) < 4.78 is 11.2. The summed E-state index contributed by atoms with van der Waals surface area (Å²) in [4.78, 5) is 0. The van der Waals surface area contributed by atoms with Crippen LogP contribution in [0.3, 0.4) is 0 Å². The molecule has 1 aliphatic carbocycles. The molecule has 122 valence electrons. The minimum Gasteiger partial charge on any atom is -0.494 e. The molecule has 0 aliphatic heterocycles. The van der Waals surface area contributed by atoms with Gasteiger partial charge in [0.25, 0.3) is 0 Å². The lowest BCUT2D eigenvalue weighted by Crippen LogP contribution is -2.19. The molecule has 1 aromatic carbocycles. The van der Waals surface area contributed by atoms with Crippen molar-refractivity contribution in [3.63, 3.8) is 0 Å². The van der Waals surface area contributed by atoms with Gasteiger partial charge in [-0.05, 0) is 36.3 Å². The molecule has 0 spiro atoms. The Balaban J connectivity index is 2.22. The minimum atomic E-state index is -0.0777. The highest BCUT2D eigenvalue weighted by molar-refractivity contribution is 5.44. The van der Waals surface area contributed by atoms with E-state index in [1.54, 1.807) is 6.08 Å². The van der Waals surface area contributed by atoms with E-state index in [-0.39, 0.29) is 5.41 Å². The molecule has 2 rings (SSSR count). The van der Waals surface area contributed by atoms with Crippen molar-refractivity contribution in [3.05, 3.63) is 78.1 Å². The predicted molar refractivity (Wildman–Crippen MR) is 96.7 cm³/mol. The lowest BCUT2D eigenvalue weighted by molar-refractivity contribution is 0.243. The Kier molecular flexibility index (Phi) is 5.86. The maximum atomic E-state index is 5.65. The standard InChI is InChI=1S/C21H26O2/c1-5-16-23-19-9-7-8-17(10-13-19)21(3,4)18-11-14-20(15-12-18)22-6-2/h5,7-8,10-15H,1,6,9,16H2,2-4H3. The van der Waals surface area contributed by atoms with E-state index in [2.05, 4.69) is 56.9 Å². The highest BCUT2D eigenvalue weighted by atomic mass is 16.5. The van der Waals surface area contributed by atoms with Gasteiger partial charge >= 0.3 is 0 Å². The molecule has 23 heavy (non-hydrogen) atoms. The van der Waals surface area contributed by atoms with Gasteiger partial charge in [0.15, 0.2) is 0 Å². The quantitative estimate of drug-likeness (QED) is 0.633. The number of rotatable bonds is 7. The first kappa shape index (κ1) is 17.1. The number of hydrogen-bond donors (Lipinski definition) is 0. The fourth-order valence-electron chi connectivity index (χ4n) is 2.60. The van der Waals surface area contributed by atoms with Gasteiger partial charge in [0.05, 0.1) is 6.61 Å². The van der Waals surface area contributed by atoms with Crippen LogP contribution in [0.1, 0.15) is 32.8 Å². The molecule has 0 saturated heterocycles. The summed E-state index contributed by atoms with van der Waals surface area (Å²) >= 11 is 0. The van der Waals surface area contributed by atoms with Crippen LogP contribution in [0, 0.1) is 0 Å². The van der Waals surface area contributed by atoms with Crippen molar-refractivity contribution in [2.45, 2.75) is 32.6 Å². The fourth-order valence-corrected chi connectivity index (χ4v) is 2.60. The zero-order chi connectivity index (χ0) is 16.7. The van der Waals surface area contributed by atoms with Gasteiger partial charge < -0.3 is 9.47 Å². The van der Waals surface area contributed by atoms with Crippen LogP contribution in [0.5, 0.6) is 5.75 Å². The van der Waals surface area contributed by atoms with E-state index < -0.39 is 0 Å². The molecule has 1 aliphatic rings. The van der Waals surface area contributed by atoms with Gasteiger partial charge in [-0.3, -0.25) is 0 Å². The van der Waals surface area contributed by atoms with Crippen molar-refractivity contribution in [1.82, 2.24) is 0 Å². The first-order valence-corrected chi connectivity index (χ1v) is 8.13. The lowest BCUT2D eigenvalue weighted by atomic mass is 9.77. The summed E-state index contributed by atoms with van der Waals surface area (Å²) in [5.74, 6) is 1.89. The van der Waals surface area contributed by atoms with Crippen LogP contribution in [0.2, 0.25) is 0 Å². The van der Waals surface area contributed by atoms with E-state index in [0.717, 1.165) is 17.9 Å². The van der Waals surface area contributed by atoms with Crippen LogP contribution in [0.15, 0.2) is 72.6 Å². The third-order valence-electron chi connectivity index (χ3n) is 4.06. The highest BCUT2D eigenvalue weighted by Gasteiger charge is 2.24. The highest BCUT2D eigenvalue weighted by Crippen LogP contribution is 2.34. The Labute approximate surface area is 139 Å². The molecule has 0 fully saturated rings. The first-order valence-electron chi connectivity index (χ1n) is 8.13. The molecule has 0 aromatic heterocycles. The normalized spacial score (nSPS) is 14.6. The van der Waals surface area contributed by atoms with Crippen molar-refractivity contribution in [2.24, 2.45) is 0 Å². The zero-order valence-electron chi connectivity index (χ0n) is 14.3. The van der Waals surface area contributed by atoms with Crippen LogP contribution >= 0.6 is 0 Å². The minimum absolute atomic E-state index is 0.0777. The number of benzene rings is 1. The summed E-state index contributed by atoms with van der Waals surface area (Å²) in [5, 5.41) is 0. The second-order valence-corrected chi connectivity index (χ2v) is 6.04.